The summed E-state index contributed by atoms with van der Waals surface area (Å²) in [4.78, 5) is 4.03. The molecule has 0 saturated heterocycles. The van der Waals surface area contributed by atoms with E-state index in [9.17, 15) is 8.42 Å². The third-order valence-corrected chi connectivity index (χ3v) is 4.03. The molecule has 7 heteroatoms. The summed E-state index contributed by atoms with van der Waals surface area (Å²) in [5, 5.41) is 4.14. The first-order valence-corrected chi connectivity index (χ1v) is 7.12. The van der Waals surface area contributed by atoms with Gasteiger partial charge in [-0.15, -0.1) is 0 Å². The number of nitrogens with zero attached hydrogens (tertiary/aromatic N) is 3. The second kappa shape index (κ2) is 5.40. The van der Waals surface area contributed by atoms with Gasteiger partial charge in [0.1, 0.15) is 16.2 Å². The Kier molecular flexibility index (Phi) is 4.43. The fourth-order valence-electron chi connectivity index (χ4n) is 1.22. The van der Waals surface area contributed by atoms with E-state index in [1.165, 1.54) is 0 Å². The van der Waals surface area contributed by atoms with Crippen molar-refractivity contribution in [2.75, 3.05) is 11.5 Å². The van der Waals surface area contributed by atoms with E-state index < -0.39 is 9.84 Å². The van der Waals surface area contributed by atoms with Crippen LogP contribution in [0.1, 0.15) is 32.1 Å². The minimum absolute atomic E-state index is 0.190. The van der Waals surface area contributed by atoms with Gasteiger partial charge in [0, 0.05) is 12.3 Å². The number of aromatic nitrogens is 3. The molecule has 0 amide bonds. The molecule has 1 unspecified atom stereocenters. The highest BCUT2D eigenvalue weighted by atomic mass is 32.2. The lowest BCUT2D eigenvalue weighted by atomic mass is 10.3. The molecule has 0 aliphatic rings. The van der Waals surface area contributed by atoms with Crippen LogP contribution in [0.5, 0.6) is 0 Å². The Hall–Kier alpha value is -0.950. The van der Waals surface area contributed by atoms with Gasteiger partial charge in [-0.1, -0.05) is 6.92 Å². The number of sulfone groups is 1. The lowest BCUT2D eigenvalue weighted by Gasteiger charge is -2.01. The number of nitrogens with two attached hydrogens (primary N) is 1. The summed E-state index contributed by atoms with van der Waals surface area (Å²) < 4.78 is 24.1. The Bertz CT molecular complexity index is 424. The summed E-state index contributed by atoms with van der Waals surface area (Å²) in [7, 11) is -2.89. The Balaban J connectivity index is 2.43. The van der Waals surface area contributed by atoms with Gasteiger partial charge in [-0.25, -0.2) is 13.4 Å². The van der Waals surface area contributed by atoms with Crippen LogP contribution in [-0.4, -0.2) is 34.7 Å². The highest BCUT2D eigenvalue weighted by molar-refractivity contribution is 7.91. The Morgan fingerprint density at radius 1 is 1.56 bits per heavy atom. The summed E-state index contributed by atoms with van der Waals surface area (Å²) in [6.07, 6.45) is 2.13. The van der Waals surface area contributed by atoms with Gasteiger partial charge in [0.2, 0.25) is 0 Å². The number of rotatable bonds is 6. The molecule has 92 valence electrons. The minimum atomic E-state index is -2.89. The van der Waals surface area contributed by atoms with Crippen LogP contribution in [0.25, 0.3) is 0 Å². The van der Waals surface area contributed by atoms with Crippen LogP contribution < -0.4 is 5.73 Å². The Morgan fingerprint density at radius 3 is 2.75 bits per heavy atom. The molecule has 0 fully saturated rings. The summed E-state index contributed by atoms with van der Waals surface area (Å²) >= 11 is 0. The number of hydrogen-bond acceptors (Lipinski definition) is 5. The third-order valence-electron chi connectivity index (χ3n) is 2.24. The van der Waals surface area contributed by atoms with Gasteiger partial charge in [0.15, 0.2) is 5.82 Å². The van der Waals surface area contributed by atoms with Gasteiger partial charge in [-0.2, -0.15) is 5.10 Å². The molecule has 0 bridgehead atoms. The molecule has 0 aliphatic carbocycles. The zero-order valence-electron chi connectivity index (χ0n) is 9.63. The van der Waals surface area contributed by atoms with Crippen molar-refractivity contribution in [2.24, 2.45) is 5.73 Å². The highest BCUT2D eigenvalue weighted by Crippen LogP contribution is 2.02. The van der Waals surface area contributed by atoms with Crippen molar-refractivity contribution >= 4 is 9.84 Å². The highest BCUT2D eigenvalue weighted by Gasteiger charge is 2.08. The monoisotopic (exact) mass is 246 g/mol. The maximum Gasteiger partial charge on any atom is 0.166 e. The molecule has 1 heterocycles. The smallest absolute Gasteiger partial charge is 0.166 e. The first-order chi connectivity index (χ1) is 7.44. The molecular formula is C9H18N4O2S. The van der Waals surface area contributed by atoms with Gasteiger partial charge < -0.3 is 5.73 Å². The largest absolute Gasteiger partial charge is 0.321 e. The molecule has 0 aromatic carbocycles. The second-order valence-corrected chi connectivity index (χ2v) is 6.22. The standard InChI is InChI=1S/C9H18N4O2S/c1-3-16(14,15)6-4-5-13-7-11-9(12-13)8(2)10/h7-8H,3-6,10H2,1-2H3. The van der Waals surface area contributed by atoms with Crippen molar-refractivity contribution in [2.45, 2.75) is 32.9 Å². The van der Waals surface area contributed by atoms with E-state index in [4.69, 9.17) is 5.73 Å². The Morgan fingerprint density at radius 2 is 2.25 bits per heavy atom. The van der Waals surface area contributed by atoms with Crippen LogP contribution >= 0.6 is 0 Å². The lowest BCUT2D eigenvalue weighted by Crippen LogP contribution is -2.12. The van der Waals surface area contributed by atoms with E-state index in [2.05, 4.69) is 10.1 Å². The van der Waals surface area contributed by atoms with E-state index in [1.807, 2.05) is 0 Å². The molecule has 0 spiro atoms. The van der Waals surface area contributed by atoms with Crippen molar-refractivity contribution in [3.8, 4) is 0 Å². The van der Waals surface area contributed by atoms with Crippen LogP contribution in [0.15, 0.2) is 6.33 Å². The minimum Gasteiger partial charge on any atom is -0.321 e. The predicted molar refractivity (Wildman–Crippen MR) is 61.6 cm³/mol. The molecule has 6 nitrogen and oxygen atoms in total. The molecule has 1 atom stereocenters. The molecule has 1 aromatic heterocycles. The van der Waals surface area contributed by atoms with Crippen molar-refractivity contribution in [1.82, 2.24) is 14.8 Å². The van der Waals surface area contributed by atoms with Gasteiger partial charge in [-0.3, -0.25) is 4.68 Å². The summed E-state index contributed by atoms with van der Waals surface area (Å²) in [5.74, 6) is 0.963. The van der Waals surface area contributed by atoms with E-state index in [-0.39, 0.29) is 17.5 Å². The maximum absolute atomic E-state index is 11.2. The topological polar surface area (TPSA) is 90.9 Å². The van der Waals surface area contributed by atoms with Crippen molar-refractivity contribution in [3.63, 3.8) is 0 Å². The van der Waals surface area contributed by atoms with Crippen molar-refractivity contribution in [1.29, 1.82) is 0 Å². The molecule has 16 heavy (non-hydrogen) atoms. The normalized spacial score (nSPS) is 13.9. The van der Waals surface area contributed by atoms with Crippen molar-refractivity contribution in [3.05, 3.63) is 12.2 Å². The fourth-order valence-corrected chi connectivity index (χ4v) is 2.07. The van der Waals surface area contributed by atoms with E-state index in [0.717, 1.165) is 0 Å². The molecule has 2 N–H and O–H groups in total. The maximum atomic E-state index is 11.2. The lowest BCUT2D eigenvalue weighted by molar-refractivity contribution is 0.566. The summed E-state index contributed by atoms with van der Waals surface area (Å²) in [6.45, 7) is 4.01. The van der Waals surface area contributed by atoms with E-state index in [1.54, 1.807) is 24.9 Å². The van der Waals surface area contributed by atoms with Crippen LogP contribution in [-0.2, 0) is 16.4 Å². The summed E-state index contributed by atoms with van der Waals surface area (Å²) in [6, 6.07) is -0.194. The average Bonchev–Trinajstić information content (AvgIpc) is 2.66. The molecule has 1 aromatic rings. The van der Waals surface area contributed by atoms with Crippen LogP contribution in [0.3, 0.4) is 0 Å². The SMILES string of the molecule is CCS(=O)(=O)CCCn1cnc(C(C)N)n1. The zero-order valence-corrected chi connectivity index (χ0v) is 10.4. The van der Waals surface area contributed by atoms with Crippen molar-refractivity contribution < 1.29 is 8.42 Å². The predicted octanol–water partition coefficient (Wildman–Crippen LogP) is 0.123. The van der Waals surface area contributed by atoms with Gasteiger partial charge in [-0.05, 0) is 13.3 Å². The van der Waals surface area contributed by atoms with Gasteiger partial charge in [0.25, 0.3) is 0 Å². The molecule has 0 aliphatic heterocycles. The zero-order chi connectivity index (χ0) is 12.2. The Labute approximate surface area is 95.8 Å². The number of hydrogen-bond donors (Lipinski definition) is 1. The average molecular weight is 246 g/mol. The first kappa shape index (κ1) is 13.1. The third kappa shape index (κ3) is 3.90. The van der Waals surface area contributed by atoms with Crippen LogP contribution in [0.2, 0.25) is 0 Å². The van der Waals surface area contributed by atoms with E-state index in [0.29, 0.717) is 18.8 Å². The van der Waals surface area contributed by atoms with E-state index >= 15 is 0 Å². The molecule has 1 rings (SSSR count). The first-order valence-electron chi connectivity index (χ1n) is 5.30. The van der Waals surface area contributed by atoms with Crippen LogP contribution in [0, 0.1) is 0 Å². The summed E-state index contributed by atoms with van der Waals surface area (Å²) in [5.41, 5.74) is 5.61. The molecule has 0 saturated carbocycles. The quantitative estimate of drug-likeness (QED) is 0.770. The molecule has 0 radical (unpaired) electrons. The molecular weight excluding hydrogens is 228 g/mol. The number of aryl methyl sites for hydroxylation is 1. The second-order valence-electron chi connectivity index (χ2n) is 3.74. The van der Waals surface area contributed by atoms with Crippen LogP contribution in [0.4, 0.5) is 0 Å². The fraction of sp³-hybridized carbons (Fsp3) is 0.778. The van der Waals surface area contributed by atoms with Gasteiger partial charge in [0.05, 0.1) is 11.8 Å². The van der Waals surface area contributed by atoms with Gasteiger partial charge >= 0.3 is 0 Å².